The lowest BCUT2D eigenvalue weighted by atomic mass is 10.1. The molecular formula is C15H13F2NO2. The predicted molar refractivity (Wildman–Crippen MR) is 72.4 cm³/mol. The van der Waals surface area contributed by atoms with E-state index in [1.165, 1.54) is 47.4 Å². The quantitative estimate of drug-likeness (QED) is 0.923. The highest BCUT2D eigenvalue weighted by Gasteiger charge is 2.20. The lowest BCUT2D eigenvalue weighted by molar-refractivity contribution is 0.0697. The summed E-state index contributed by atoms with van der Waals surface area (Å²) in [5.74, 6) is -2.24. The summed E-state index contributed by atoms with van der Waals surface area (Å²) in [6.45, 7) is 2.12. The van der Waals surface area contributed by atoms with E-state index in [-0.39, 0.29) is 11.3 Å². The van der Waals surface area contributed by atoms with Gasteiger partial charge >= 0.3 is 5.97 Å². The Morgan fingerprint density at radius 1 is 1.15 bits per heavy atom. The Hall–Kier alpha value is -2.43. The third-order valence-electron chi connectivity index (χ3n) is 2.94. The second kappa shape index (κ2) is 5.69. The van der Waals surface area contributed by atoms with Crippen LogP contribution < -0.4 is 4.90 Å². The maximum absolute atomic E-state index is 14.0. The molecule has 0 atom stereocenters. The minimum absolute atomic E-state index is 0.0193. The molecule has 2 aromatic rings. The number of benzene rings is 2. The molecule has 20 heavy (non-hydrogen) atoms. The number of carboxylic acid groups (broad SMARTS) is 1. The number of para-hydroxylation sites is 1. The first-order chi connectivity index (χ1) is 9.54. The van der Waals surface area contributed by atoms with Crippen molar-refractivity contribution in [2.45, 2.75) is 6.92 Å². The minimum Gasteiger partial charge on any atom is -0.478 e. The van der Waals surface area contributed by atoms with Gasteiger partial charge < -0.3 is 10.0 Å². The summed E-state index contributed by atoms with van der Waals surface area (Å²) in [6.07, 6.45) is 0. The van der Waals surface area contributed by atoms with E-state index in [9.17, 15) is 18.7 Å². The van der Waals surface area contributed by atoms with Gasteiger partial charge in [-0.25, -0.2) is 13.6 Å². The smallest absolute Gasteiger partial charge is 0.337 e. The van der Waals surface area contributed by atoms with Crippen molar-refractivity contribution in [1.82, 2.24) is 0 Å². The van der Waals surface area contributed by atoms with Crippen LogP contribution in [-0.4, -0.2) is 17.6 Å². The Balaban J connectivity index is 2.57. The highest BCUT2D eigenvalue weighted by molar-refractivity contribution is 5.95. The van der Waals surface area contributed by atoms with Gasteiger partial charge in [-0.1, -0.05) is 6.07 Å². The first-order valence-corrected chi connectivity index (χ1v) is 6.09. The zero-order chi connectivity index (χ0) is 14.7. The van der Waals surface area contributed by atoms with Crippen molar-refractivity contribution in [2.75, 3.05) is 11.4 Å². The summed E-state index contributed by atoms with van der Waals surface area (Å²) in [7, 11) is 0. The van der Waals surface area contributed by atoms with Gasteiger partial charge in [0, 0.05) is 12.2 Å². The molecule has 0 aliphatic heterocycles. The first kappa shape index (κ1) is 14.0. The molecule has 0 bridgehead atoms. The van der Waals surface area contributed by atoms with Crippen LogP contribution in [0.4, 0.5) is 20.2 Å². The SMILES string of the molecule is CCN(c1ccc(F)cc1)c1c(F)cccc1C(=O)O. The van der Waals surface area contributed by atoms with E-state index < -0.39 is 17.6 Å². The average Bonchev–Trinajstić information content (AvgIpc) is 2.43. The highest BCUT2D eigenvalue weighted by Crippen LogP contribution is 2.31. The van der Waals surface area contributed by atoms with Gasteiger partial charge in [-0.05, 0) is 43.3 Å². The van der Waals surface area contributed by atoms with Gasteiger partial charge in [0.25, 0.3) is 0 Å². The van der Waals surface area contributed by atoms with Gasteiger partial charge in [-0.3, -0.25) is 0 Å². The summed E-state index contributed by atoms with van der Waals surface area (Å²) in [5.41, 5.74) is 0.381. The van der Waals surface area contributed by atoms with Crippen LogP contribution in [0.3, 0.4) is 0 Å². The van der Waals surface area contributed by atoms with Gasteiger partial charge in [-0.15, -0.1) is 0 Å². The molecule has 0 aliphatic rings. The van der Waals surface area contributed by atoms with Gasteiger partial charge in [-0.2, -0.15) is 0 Å². The van der Waals surface area contributed by atoms with E-state index in [1.807, 2.05) is 0 Å². The predicted octanol–water partition coefficient (Wildman–Crippen LogP) is 3.82. The summed E-state index contributed by atoms with van der Waals surface area (Å²) in [5, 5.41) is 9.17. The van der Waals surface area contributed by atoms with E-state index in [0.717, 1.165) is 0 Å². The van der Waals surface area contributed by atoms with Gasteiger partial charge in [0.1, 0.15) is 11.6 Å². The fourth-order valence-corrected chi connectivity index (χ4v) is 2.05. The zero-order valence-electron chi connectivity index (χ0n) is 10.8. The molecule has 0 fully saturated rings. The summed E-state index contributed by atoms with van der Waals surface area (Å²) < 4.78 is 27.0. The normalized spacial score (nSPS) is 10.3. The molecule has 2 rings (SSSR count). The molecule has 2 aromatic carbocycles. The third kappa shape index (κ3) is 2.61. The second-order valence-electron chi connectivity index (χ2n) is 4.16. The van der Waals surface area contributed by atoms with Crippen LogP contribution in [0.2, 0.25) is 0 Å². The van der Waals surface area contributed by atoms with Crippen LogP contribution in [0.15, 0.2) is 42.5 Å². The van der Waals surface area contributed by atoms with E-state index in [1.54, 1.807) is 6.92 Å². The van der Waals surface area contributed by atoms with Gasteiger partial charge in [0.15, 0.2) is 0 Å². The molecule has 1 N–H and O–H groups in total. The fraction of sp³-hybridized carbons (Fsp3) is 0.133. The van der Waals surface area contributed by atoms with Crippen LogP contribution in [0.1, 0.15) is 17.3 Å². The van der Waals surface area contributed by atoms with E-state index in [0.29, 0.717) is 12.2 Å². The molecule has 0 saturated carbocycles. The minimum atomic E-state index is -1.21. The van der Waals surface area contributed by atoms with Crippen LogP contribution in [0.5, 0.6) is 0 Å². The fourth-order valence-electron chi connectivity index (χ4n) is 2.05. The maximum Gasteiger partial charge on any atom is 0.337 e. The Labute approximate surface area is 115 Å². The van der Waals surface area contributed by atoms with Gasteiger partial charge in [0.05, 0.1) is 11.3 Å². The lowest BCUT2D eigenvalue weighted by Crippen LogP contribution is -2.20. The molecule has 0 radical (unpaired) electrons. The Morgan fingerprint density at radius 3 is 2.35 bits per heavy atom. The van der Waals surface area contributed by atoms with E-state index >= 15 is 0 Å². The second-order valence-corrected chi connectivity index (χ2v) is 4.16. The molecule has 0 spiro atoms. The standard InChI is InChI=1S/C15H13F2NO2/c1-2-18(11-8-6-10(16)7-9-11)14-12(15(19)20)4-3-5-13(14)17/h3-9H,2H2,1H3,(H,19,20). The zero-order valence-corrected chi connectivity index (χ0v) is 10.8. The van der Waals surface area contributed by atoms with E-state index in [4.69, 9.17) is 0 Å². The number of hydrogen-bond acceptors (Lipinski definition) is 2. The highest BCUT2D eigenvalue weighted by atomic mass is 19.1. The lowest BCUT2D eigenvalue weighted by Gasteiger charge is -2.25. The van der Waals surface area contributed by atoms with Crippen molar-refractivity contribution in [3.63, 3.8) is 0 Å². The first-order valence-electron chi connectivity index (χ1n) is 6.09. The summed E-state index contributed by atoms with van der Waals surface area (Å²) >= 11 is 0. The van der Waals surface area contributed by atoms with Crippen LogP contribution in [0.25, 0.3) is 0 Å². The molecule has 0 aromatic heterocycles. The molecule has 0 heterocycles. The van der Waals surface area contributed by atoms with Crippen molar-refractivity contribution in [1.29, 1.82) is 0 Å². The largest absolute Gasteiger partial charge is 0.478 e. The summed E-state index contributed by atoms with van der Waals surface area (Å²) in [4.78, 5) is 12.7. The van der Waals surface area contributed by atoms with Gasteiger partial charge in [0.2, 0.25) is 0 Å². The Morgan fingerprint density at radius 2 is 1.80 bits per heavy atom. The molecule has 3 nitrogen and oxygen atoms in total. The van der Waals surface area contributed by atoms with Crippen LogP contribution in [0, 0.1) is 11.6 Å². The number of rotatable bonds is 4. The molecule has 0 saturated heterocycles. The van der Waals surface area contributed by atoms with E-state index in [2.05, 4.69) is 0 Å². The van der Waals surface area contributed by atoms with Crippen LogP contribution in [-0.2, 0) is 0 Å². The molecule has 5 heteroatoms. The van der Waals surface area contributed by atoms with Crippen molar-refractivity contribution < 1.29 is 18.7 Å². The monoisotopic (exact) mass is 277 g/mol. The number of carboxylic acids is 1. The Bertz CT molecular complexity index is 626. The number of carbonyl (C=O) groups is 1. The number of anilines is 2. The number of aromatic carboxylic acids is 1. The average molecular weight is 277 g/mol. The third-order valence-corrected chi connectivity index (χ3v) is 2.94. The molecule has 104 valence electrons. The van der Waals surface area contributed by atoms with Crippen LogP contribution >= 0.6 is 0 Å². The maximum atomic E-state index is 14.0. The molecular weight excluding hydrogens is 264 g/mol. The topological polar surface area (TPSA) is 40.5 Å². The van der Waals surface area contributed by atoms with Crippen molar-refractivity contribution in [2.24, 2.45) is 0 Å². The number of halogens is 2. The number of hydrogen-bond donors (Lipinski definition) is 1. The number of nitrogens with zero attached hydrogens (tertiary/aromatic N) is 1. The molecule has 0 amide bonds. The van der Waals surface area contributed by atoms with Crippen molar-refractivity contribution in [3.8, 4) is 0 Å². The summed E-state index contributed by atoms with van der Waals surface area (Å²) in [6, 6.07) is 9.36. The van der Waals surface area contributed by atoms with Crippen molar-refractivity contribution >= 4 is 17.3 Å². The molecule has 0 aliphatic carbocycles. The molecule has 0 unspecified atom stereocenters. The Kier molecular flexibility index (Phi) is 3.98. The van der Waals surface area contributed by atoms with Crippen molar-refractivity contribution in [3.05, 3.63) is 59.7 Å².